The molecule has 2 N–H and O–H groups in total. The summed E-state index contributed by atoms with van der Waals surface area (Å²) >= 11 is 0. The number of unbranched alkanes of at least 4 members (excludes halogenated alkanes) is 1. The molecular formula is C14H18N2O4. The van der Waals surface area contributed by atoms with E-state index in [9.17, 15) is 4.79 Å². The van der Waals surface area contributed by atoms with Gasteiger partial charge < -0.3 is 19.6 Å². The van der Waals surface area contributed by atoms with Gasteiger partial charge in [0.05, 0.1) is 25.3 Å². The van der Waals surface area contributed by atoms with Crippen molar-refractivity contribution >= 4 is 17.0 Å². The molecule has 0 aliphatic carbocycles. The summed E-state index contributed by atoms with van der Waals surface area (Å²) in [4.78, 5) is 18.1. The average Bonchev–Trinajstić information content (AvgIpc) is 2.83. The molecule has 6 heteroatoms. The third kappa shape index (κ3) is 3.20. The molecule has 0 saturated carbocycles. The summed E-state index contributed by atoms with van der Waals surface area (Å²) in [6, 6.07) is 3.67. The van der Waals surface area contributed by atoms with Crippen LogP contribution in [0.1, 0.15) is 25.1 Å². The zero-order chi connectivity index (χ0) is 14.5. The van der Waals surface area contributed by atoms with Crippen molar-refractivity contribution in [2.24, 2.45) is 0 Å². The van der Waals surface area contributed by atoms with Crippen molar-refractivity contribution < 1.29 is 19.4 Å². The third-order valence-electron chi connectivity index (χ3n) is 3.09. The first-order valence-electron chi connectivity index (χ1n) is 6.46. The number of nitrogens with zero attached hydrogens (tertiary/aromatic N) is 1. The molecule has 1 heterocycles. The van der Waals surface area contributed by atoms with Crippen LogP contribution in [0, 0.1) is 0 Å². The van der Waals surface area contributed by atoms with Crippen LogP contribution in [0.2, 0.25) is 0 Å². The molecule has 0 radical (unpaired) electrons. The van der Waals surface area contributed by atoms with Crippen LogP contribution in [0.5, 0.6) is 11.5 Å². The summed E-state index contributed by atoms with van der Waals surface area (Å²) in [6.07, 6.45) is 2.37. The quantitative estimate of drug-likeness (QED) is 0.759. The molecule has 1 aromatic carbocycles. The molecule has 0 aliphatic heterocycles. The lowest BCUT2D eigenvalue weighted by molar-refractivity contribution is -0.137. The summed E-state index contributed by atoms with van der Waals surface area (Å²) in [7, 11) is 3.18. The molecule has 0 saturated heterocycles. The first-order chi connectivity index (χ1) is 9.63. The summed E-state index contributed by atoms with van der Waals surface area (Å²) in [5.41, 5.74) is 1.70. The second-order valence-electron chi connectivity index (χ2n) is 4.51. The van der Waals surface area contributed by atoms with Crippen molar-refractivity contribution in [3.05, 3.63) is 18.0 Å². The second kappa shape index (κ2) is 6.27. The molecule has 108 valence electrons. The Labute approximate surface area is 116 Å². The van der Waals surface area contributed by atoms with Crippen LogP contribution in [0.4, 0.5) is 0 Å². The van der Waals surface area contributed by atoms with E-state index in [0.717, 1.165) is 29.7 Å². The van der Waals surface area contributed by atoms with E-state index in [1.165, 1.54) is 0 Å². The molecule has 0 spiro atoms. The van der Waals surface area contributed by atoms with Crippen LogP contribution >= 0.6 is 0 Å². The van der Waals surface area contributed by atoms with Crippen LogP contribution < -0.4 is 9.47 Å². The molecule has 0 atom stereocenters. The Hall–Kier alpha value is -2.24. The van der Waals surface area contributed by atoms with Crippen LogP contribution in [-0.2, 0) is 11.2 Å². The Morgan fingerprint density at radius 1 is 1.25 bits per heavy atom. The number of carbonyl (C=O) groups is 1. The topological polar surface area (TPSA) is 84.4 Å². The number of aryl methyl sites for hydroxylation is 1. The summed E-state index contributed by atoms with van der Waals surface area (Å²) in [5.74, 6) is 1.38. The minimum atomic E-state index is -0.760. The maximum absolute atomic E-state index is 10.4. The van der Waals surface area contributed by atoms with Gasteiger partial charge in [0.2, 0.25) is 0 Å². The first kappa shape index (κ1) is 14.2. The standard InChI is InChI=1S/C14H18N2O4/c1-19-11-7-9-10(8-12(11)20-2)16-13(15-9)5-3-4-6-14(17)18/h7-8H,3-6H2,1-2H3,(H,15,16)(H,17,18). The third-order valence-corrected chi connectivity index (χ3v) is 3.09. The summed E-state index contributed by atoms with van der Waals surface area (Å²) < 4.78 is 10.5. The minimum absolute atomic E-state index is 0.196. The molecule has 0 unspecified atom stereocenters. The van der Waals surface area contributed by atoms with Crippen LogP contribution in [-0.4, -0.2) is 35.3 Å². The van der Waals surface area contributed by atoms with Crippen LogP contribution in [0.3, 0.4) is 0 Å². The summed E-state index contributed by atoms with van der Waals surface area (Å²) in [5, 5.41) is 8.59. The largest absolute Gasteiger partial charge is 0.493 e. The lowest BCUT2D eigenvalue weighted by Gasteiger charge is -2.06. The number of benzene rings is 1. The van der Waals surface area contributed by atoms with Gasteiger partial charge in [0, 0.05) is 25.0 Å². The van der Waals surface area contributed by atoms with Crippen molar-refractivity contribution in [3.8, 4) is 11.5 Å². The van der Waals surface area contributed by atoms with E-state index in [1.807, 2.05) is 12.1 Å². The number of H-pyrrole nitrogens is 1. The number of methoxy groups -OCH3 is 2. The Bertz CT molecular complexity index is 565. The van der Waals surface area contributed by atoms with Crippen molar-refractivity contribution in [2.75, 3.05) is 14.2 Å². The Kier molecular flexibility index (Phi) is 4.45. The highest BCUT2D eigenvalue weighted by molar-refractivity contribution is 5.79. The minimum Gasteiger partial charge on any atom is -0.493 e. The summed E-state index contributed by atoms with van der Waals surface area (Å²) in [6.45, 7) is 0. The Morgan fingerprint density at radius 3 is 2.60 bits per heavy atom. The van der Waals surface area contributed by atoms with Crippen LogP contribution in [0.15, 0.2) is 12.1 Å². The first-order valence-corrected chi connectivity index (χ1v) is 6.46. The number of aromatic nitrogens is 2. The van der Waals surface area contributed by atoms with E-state index in [1.54, 1.807) is 14.2 Å². The van der Waals surface area contributed by atoms with E-state index >= 15 is 0 Å². The maximum atomic E-state index is 10.4. The van der Waals surface area contributed by atoms with Crippen molar-refractivity contribution in [2.45, 2.75) is 25.7 Å². The lowest BCUT2D eigenvalue weighted by Crippen LogP contribution is -1.95. The molecule has 0 fully saturated rings. The fourth-order valence-electron chi connectivity index (χ4n) is 2.08. The van der Waals surface area contributed by atoms with Gasteiger partial charge in [-0.2, -0.15) is 0 Å². The molecule has 1 aromatic heterocycles. The molecule has 0 bridgehead atoms. The Balaban J connectivity index is 2.10. The van der Waals surface area contributed by atoms with Gasteiger partial charge in [0.1, 0.15) is 5.82 Å². The number of aliphatic carboxylic acids is 1. The number of fused-ring (bicyclic) bond motifs is 1. The number of aromatic amines is 1. The number of hydrogen-bond acceptors (Lipinski definition) is 4. The zero-order valence-corrected chi connectivity index (χ0v) is 11.6. The Morgan fingerprint density at radius 2 is 1.95 bits per heavy atom. The highest BCUT2D eigenvalue weighted by atomic mass is 16.5. The fourth-order valence-corrected chi connectivity index (χ4v) is 2.08. The molecule has 2 aromatic rings. The van der Waals surface area contributed by atoms with E-state index in [2.05, 4.69) is 9.97 Å². The number of rotatable bonds is 7. The van der Waals surface area contributed by atoms with Gasteiger partial charge in [-0.3, -0.25) is 4.79 Å². The number of carboxylic acid groups (broad SMARTS) is 1. The van der Waals surface area contributed by atoms with Gasteiger partial charge in [-0.05, 0) is 12.8 Å². The van der Waals surface area contributed by atoms with Gasteiger partial charge in [-0.15, -0.1) is 0 Å². The highest BCUT2D eigenvalue weighted by Gasteiger charge is 2.10. The molecular weight excluding hydrogens is 260 g/mol. The predicted octanol–water partition coefficient (Wildman–Crippen LogP) is 2.38. The fraction of sp³-hybridized carbons (Fsp3) is 0.429. The number of nitrogens with one attached hydrogen (secondary N) is 1. The average molecular weight is 278 g/mol. The zero-order valence-electron chi connectivity index (χ0n) is 11.6. The second-order valence-corrected chi connectivity index (χ2v) is 4.51. The van der Waals surface area contributed by atoms with Crippen molar-refractivity contribution in [3.63, 3.8) is 0 Å². The molecule has 2 rings (SSSR count). The van der Waals surface area contributed by atoms with Crippen molar-refractivity contribution in [1.29, 1.82) is 0 Å². The predicted molar refractivity (Wildman–Crippen MR) is 74.4 cm³/mol. The molecule has 0 aliphatic rings. The number of hydrogen-bond donors (Lipinski definition) is 2. The molecule has 6 nitrogen and oxygen atoms in total. The van der Waals surface area contributed by atoms with Gasteiger partial charge in [-0.25, -0.2) is 4.98 Å². The van der Waals surface area contributed by atoms with E-state index < -0.39 is 5.97 Å². The van der Waals surface area contributed by atoms with Crippen LogP contribution in [0.25, 0.3) is 11.0 Å². The van der Waals surface area contributed by atoms with E-state index in [4.69, 9.17) is 14.6 Å². The van der Waals surface area contributed by atoms with Gasteiger partial charge in [0.25, 0.3) is 0 Å². The normalized spacial score (nSPS) is 10.7. The molecule has 20 heavy (non-hydrogen) atoms. The lowest BCUT2D eigenvalue weighted by atomic mass is 10.2. The van der Waals surface area contributed by atoms with E-state index in [0.29, 0.717) is 17.9 Å². The van der Waals surface area contributed by atoms with Gasteiger partial charge >= 0.3 is 5.97 Å². The van der Waals surface area contributed by atoms with Crippen molar-refractivity contribution in [1.82, 2.24) is 9.97 Å². The number of imidazole rings is 1. The van der Waals surface area contributed by atoms with Gasteiger partial charge in [0.15, 0.2) is 11.5 Å². The van der Waals surface area contributed by atoms with Gasteiger partial charge in [-0.1, -0.05) is 0 Å². The highest BCUT2D eigenvalue weighted by Crippen LogP contribution is 2.31. The molecule has 0 amide bonds. The van der Waals surface area contributed by atoms with E-state index in [-0.39, 0.29) is 6.42 Å². The number of ether oxygens (including phenoxy) is 2. The number of carboxylic acids is 1. The smallest absolute Gasteiger partial charge is 0.303 e. The SMILES string of the molecule is COc1cc2nc(CCCCC(=O)O)[nH]c2cc1OC. The maximum Gasteiger partial charge on any atom is 0.303 e. The monoisotopic (exact) mass is 278 g/mol.